The maximum absolute atomic E-state index is 13.3. The monoisotopic (exact) mass is 186 g/mol. The van der Waals surface area contributed by atoms with Crippen molar-refractivity contribution in [2.75, 3.05) is 0 Å². The molecule has 0 bridgehead atoms. The van der Waals surface area contributed by atoms with Gasteiger partial charge in [-0.05, 0) is 25.0 Å². The molecule has 0 aliphatic heterocycles. The van der Waals surface area contributed by atoms with E-state index in [1.165, 1.54) is 6.08 Å². The Labute approximate surface area is 78.3 Å². The van der Waals surface area contributed by atoms with Crippen molar-refractivity contribution in [1.82, 2.24) is 0 Å². The zero-order valence-electron chi connectivity index (χ0n) is 8.40. The van der Waals surface area contributed by atoms with Gasteiger partial charge in [0.25, 0.3) is 0 Å². The quantitative estimate of drug-likeness (QED) is 0.581. The Hall–Kier alpha value is -0.660. The van der Waals surface area contributed by atoms with Gasteiger partial charge in [0.2, 0.25) is 0 Å². The molecule has 0 aromatic carbocycles. The minimum atomic E-state index is -1.32. The van der Waals surface area contributed by atoms with Crippen molar-refractivity contribution in [3.05, 3.63) is 23.6 Å². The number of hydrogen-bond donors (Lipinski definition) is 0. The summed E-state index contributed by atoms with van der Waals surface area (Å²) in [7, 11) is 0. The minimum Gasteiger partial charge on any atom is -0.239 e. The van der Waals surface area contributed by atoms with Crippen LogP contribution in [-0.4, -0.2) is 5.67 Å². The fraction of sp³-hybridized carbons (Fsp3) is 0.636. The summed E-state index contributed by atoms with van der Waals surface area (Å²) in [5.74, 6) is -0.412. The fourth-order valence-electron chi connectivity index (χ4n) is 1.75. The molecule has 2 aliphatic carbocycles. The summed E-state index contributed by atoms with van der Waals surface area (Å²) in [5, 5.41) is 0. The van der Waals surface area contributed by atoms with Crippen LogP contribution in [0, 0.1) is 5.92 Å². The highest BCUT2D eigenvalue weighted by molar-refractivity contribution is 5.40. The molecule has 0 heterocycles. The van der Waals surface area contributed by atoms with Crippen molar-refractivity contribution in [2.24, 2.45) is 5.92 Å². The Morgan fingerprint density at radius 1 is 1.54 bits per heavy atom. The molecule has 0 nitrogen and oxygen atoms in total. The van der Waals surface area contributed by atoms with E-state index < -0.39 is 11.5 Å². The van der Waals surface area contributed by atoms with Crippen LogP contribution in [-0.2, 0) is 0 Å². The van der Waals surface area contributed by atoms with Crippen molar-refractivity contribution in [1.29, 1.82) is 0 Å². The standard InChI is InChI=1S/C9H10F2.C2H6/c1-2-6-3-7(10)4-9(11)5-8(6)9;1-2/h3-4,8H,2,5H2,1H3;1-2H3. The molecular weight excluding hydrogens is 170 g/mol. The van der Waals surface area contributed by atoms with Crippen LogP contribution in [0.3, 0.4) is 0 Å². The van der Waals surface area contributed by atoms with Crippen molar-refractivity contribution in [3.63, 3.8) is 0 Å². The number of rotatable bonds is 1. The molecule has 2 unspecified atom stereocenters. The topological polar surface area (TPSA) is 0 Å². The van der Waals surface area contributed by atoms with E-state index in [0.717, 1.165) is 18.1 Å². The molecule has 2 atom stereocenters. The van der Waals surface area contributed by atoms with Crippen LogP contribution in [0.4, 0.5) is 8.78 Å². The first kappa shape index (κ1) is 10.4. The molecule has 2 heteroatoms. The number of fused-ring (bicyclic) bond motifs is 1. The van der Waals surface area contributed by atoms with Gasteiger partial charge in [0, 0.05) is 5.92 Å². The van der Waals surface area contributed by atoms with Crippen molar-refractivity contribution in [2.45, 2.75) is 39.3 Å². The smallest absolute Gasteiger partial charge is 0.139 e. The third kappa shape index (κ3) is 1.82. The van der Waals surface area contributed by atoms with Gasteiger partial charge in [0.1, 0.15) is 11.5 Å². The summed E-state index contributed by atoms with van der Waals surface area (Å²) in [6, 6.07) is 0. The molecule has 13 heavy (non-hydrogen) atoms. The average molecular weight is 186 g/mol. The van der Waals surface area contributed by atoms with Gasteiger partial charge in [-0.1, -0.05) is 26.3 Å². The van der Waals surface area contributed by atoms with Gasteiger partial charge in [-0.3, -0.25) is 0 Å². The van der Waals surface area contributed by atoms with E-state index in [1.807, 2.05) is 20.8 Å². The lowest BCUT2D eigenvalue weighted by Gasteiger charge is -2.09. The van der Waals surface area contributed by atoms with Gasteiger partial charge in [-0.15, -0.1) is 0 Å². The zero-order chi connectivity index (χ0) is 10.1. The third-order valence-corrected chi connectivity index (χ3v) is 2.49. The second-order valence-electron chi connectivity index (χ2n) is 3.29. The first-order valence-corrected chi connectivity index (χ1v) is 4.93. The van der Waals surface area contributed by atoms with Crippen molar-refractivity contribution < 1.29 is 8.78 Å². The Balaban J connectivity index is 0.000000396. The van der Waals surface area contributed by atoms with Crippen LogP contribution >= 0.6 is 0 Å². The van der Waals surface area contributed by atoms with Crippen LogP contribution in [0.2, 0.25) is 0 Å². The fourth-order valence-corrected chi connectivity index (χ4v) is 1.75. The van der Waals surface area contributed by atoms with Gasteiger partial charge in [-0.25, -0.2) is 8.78 Å². The summed E-state index contributed by atoms with van der Waals surface area (Å²) in [5.41, 5.74) is -0.392. The van der Waals surface area contributed by atoms with Crippen LogP contribution < -0.4 is 0 Å². The molecule has 0 amide bonds. The molecule has 0 saturated heterocycles. The highest BCUT2D eigenvalue weighted by Crippen LogP contribution is 2.56. The molecule has 2 aliphatic rings. The van der Waals surface area contributed by atoms with Gasteiger partial charge in [0.05, 0.1) is 0 Å². The van der Waals surface area contributed by atoms with E-state index in [4.69, 9.17) is 0 Å². The molecule has 0 N–H and O–H groups in total. The Bertz CT molecular complexity index is 253. The lowest BCUT2D eigenvalue weighted by molar-refractivity contribution is 0.348. The van der Waals surface area contributed by atoms with Crippen LogP contribution in [0.25, 0.3) is 0 Å². The number of allylic oxidation sites excluding steroid dienone is 4. The van der Waals surface area contributed by atoms with Crippen molar-refractivity contribution in [3.8, 4) is 0 Å². The molecule has 0 aromatic heterocycles. The van der Waals surface area contributed by atoms with E-state index in [2.05, 4.69) is 0 Å². The summed E-state index contributed by atoms with van der Waals surface area (Å²) < 4.78 is 26.0. The largest absolute Gasteiger partial charge is 0.239 e. The van der Waals surface area contributed by atoms with E-state index >= 15 is 0 Å². The maximum Gasteiger partial charge on any atom is 0.139 e. The highest BCUT2D eigenvalue weighted by atomic mass is 19.1. The van der Waals surface area contributed by atoms with Crippen molar-refractivity contribution >= 4 is 0 Å². The zero-order valence-corrected chi connectivity index (χ0v) is 8.40. The van der Waals surface area contributed by atoms with E-state index in [9.17, 15) is 8.78 Å². The molecule has 0 radical (unpaired) electrons. The number of alkyl halides is 1. The lowest BCUT2D eigenvalue weighted by Crippen LogP contribution is -2.06. The van der Waals surface area contributed by atoms with Gasteiger partial charge in [0.15, 0.2) is 0 Å². The maximum atomic E-state index is 13.3. The first-order chi connectivity index (χ1) is 6.15. The van der Waals surface area contributed by atoms with Crippen LogP contribution in [0.1, 0.15) is 33.6 Å². The molecule has 0 aromatic rings. The highest BCUT2D eigenvalue weighted by Gasteiger charge is 2.56. The summed E-state index contributed by atoms with van der Waals surface area (Å²) in [6.07, 6.45) is 3.82. The summed E-state index contributed by atoms with van der Waals surface area (Å²) in [6.45, 7) is 5.93. The predicted molar refractivity (Wildman–Crippen MR) is 50.9 cm³/mol. The Morgan fingerprint density at radius 3 is 2.69 bits per heavy atom. The summed E-state index contributed by atoms with van der Waals surface area (Å²) in [4.78, 5) is 0. The predicted octanol–water partition coefficient (Wildman–Crippen LogP) is 3.94. The van der Waals surface area contributed by atoms with Gasteiger partial charge >= 0.3 is 0 Å². The normalized spacial score (nSPS) is 35.0. The summed E-state index contributed by atoms with van der Waals surface area (Å²) >= 11 is 0. The molecule has 0 spiro atoms. The second kappa shape index (κ2) is 3.60. The third-order valence-electron chi connectivity index (χ3n) is 2.49. The SMILES string of the molecule is CC.CCC1=CC(F)=CC2(F)CC12. The van der Waals surface area contributed by atoms with E-state index in [1.54, 1.807) is 0 Å². The lowest BCUT2D eigenvalue weighted by atomic mass is 10.0. The molecule has 74 valence electrons. The van der Waals surface area contributed by atoms with Gasteiger partial charge < -0.3 is 0 Å². The first-order valence-electron chi connectivity index (χ1n) is 4.93. The number of hydrogen-bond acceptors (Lipinski definition) is 0. The van der Waals surface area contributed by atoms with E-state index in [-0.39, 0.29) is 5.92 Å². The minimum absolute atomic E-state index is 0.00741. The van der Waals surface area contributed by atoms with Gasteiger partial charge in [-0.2, -0.15) is 0 Å². The Kier molecular flexibility index (Phi) is 2.89. The van der Waals surface area contributed by atoms with Crippen LogP contribution in [0.15, 0.2) is 23.6 Å². The molecule has 2 rings (SSSR count). The Morgan fingerprint density at radius 2 is 2.15 bits per heavy atom. The van der Waals surface area contributed by atoms with E-state index in [0.29, 0.717) is 6.42 Å². The molecule has 1 saturated carbocycles. The van der Waals surface area contributed by atoms with Crippen LogP contribution in [0.5, 0.6) is 0 Å². The average Bonchev–Trinajstić information content (AvgIpc) is 2.78. The number of halogens is 2. The second-order valence-corrected chi connectivity index (χ2v) is 3.29. The molecule has 1 fully saturated rings. The molecular formula is C11H16F2.